The molecule has 1 heterocycles. The van der Waals surface area contributed by atoms with Crippen molar-refractivity contribution in [3.8, 4) is 0 Å². The Kier molecular flexibility index (Phi) is 6.64. The lowest BCUT2D eigenvalue weighted by Gasteiger charge is -2.27. The Balaban J connectivity index is 1.62. The van der Waals surface area contributed by atoms with E-state index in [-0.39, 0.29) is 24.4 Å². The van der Waals surface area contributed by atoms with Crippen LogP contribution in [0.1, 0.15) is 49.4 Å². The van der Waals surface area contributed by atoms with Crippen molar-refractivity contribution in [2.24, 2.45) is 0 Å². The molecule has 3 rings (SSSR count). The summed E-state index contributed by atoms with van der Waals surface area (Å²) >= 11 is 0. The molecule has 0 spiro atoms. The Labute approximate surface area is 169 Å². The molecule has 8 heteroatoms. The van der Waals surface area contributed by atoms with Gasteiger partial charge in [-0.15, -0.1) is 0 Å². The van der Waals surface area contributed by atoms with Crippen LogP contribution >= 0.6 is 0 Å². The number of aryl methyl sites for hydroxylation is 1. The number of amides is 2. The van der Waals surface area contributed by atoms with Crippen LogP contribution in [0.5, 0.6) is 0 Å². The number of aromatic nitrogens is 2. The quantitative estimate of drug-likeness (QED) is 0.665. The van der Waals surface area contributed by atoms with E-state index in [1.807, 2.05) is 4.57 Å². The average molecular weight is 398 g/mol. The van der Waals surface area contributed by atoms with Crippen LogP contribution in [0.2, 0.25) is 0 Å². The number of nitrogens with zero attached hydrogens (tertiary/aromatic N) is 2. The Morgan fingerprint density at radius 2 is 2.03 bits per heavy atom. The van der Waals surface area contributed by atoms with Crippen molar-refractivity contribution in [2.45, 2.75) is 51.1 Å². The number of benzene rings is 1. The minimum absolute atomic E-state index is 0.157. The van der Waals surface area contributed by atoms with Crippen LogP contribution in [0, 0.1) is 0 Å². The van der Waals surface area contributed by atoms with Crippen LogP contribution < -0.4 is 10.6 Å². The van der Waals surface area contributed by atoms with Crippen molar-refractivity contribution in [1.29, 1.82) is 0 Å². The fourth-order valence-electron chi connectivity index (χ4n) is 3.53. The normalized spacial score (nSPS) is 14.9. The summed E-state index contributed by atoms with van der Waals surface area (Å²) in [4.78, 5) is 41.3. The highest BCUT2D eigenvalue weighted by Gasteiger charge is 2.43. The van der Waals surface area contributed by atoms with Crippen LogP contribution in [0.4, 0.5) is 5.69 Å². The third kappa shape index (κ3) is 5.22. The maximum absolute atomic E-state index is 12.8. The van der Waals surface area contributed by atoms with Crippen molar-refractivity contribution in [1.82, 2.24) is 14.9 Å². The number of nitrogens with one attached hydrogen (secondary N) is 2. The lowest BCUT2D eigenvalue weighted by molar-refractivity contribution is -0.150. The number of imidazole rings is 1. The zero-order valence-electron chi connectivity index (χ0n) is 16.5. The molecule has 0 bridgehead atoms. The smallest absolute Gasteiger partial charge is 0.331 e. The molecule has 29 heavy (non-hydrogen) atoms. The minimum Gasteiger partial charge on any atom is -0.464 e. The van der Waals surface area contributed by atoms with E-state index in [4.69, 9.17) is 4.74 Å². The highest BCUT2D eigenvalue weighted by Crippen LogP contribution is 2.31. The van der Waals surface area contributed by atoms with E-state index in [1.54, 1.807) is 49.9 Å². The van der Waals surface area contributed by atoms with Gasteiger partial charge in [0.2, 0.25) is 5.91 Å². The summed E-state index contributed by atoms with van der Waals surface area (Å²) in [5.41, 5.74) is -0.0465. The number of esters is 1. The Hall–Kier alpha value is -3.16. The van der Waals surface area contributed by atoms with Crippen LogP contribution in [0.3, 0.4) is 0 Å². The first-order valence-electron chi connectivity index (χ1n) is 9.88. The van der Waals surface area contributed by atoms with Crippen LogP contribution in [-0.4, -0.2) is 39.5 Å². The number of carbonyl (C=O) groups is 3. The molecule has 0 atom stereocenters. The van der Waals surface area contributed by atoms with E-state index >= 15 is 0 Å². The first-order valence-corrected chi connectivity index (χ1v) is 9.88. The van der Waals surface area contributed by atoms with Gasteiger partial charge < -0.3 is 19.9 Å². The molecule has 1 fully saturated rings. The van der Waals surface area contributed by atoms with Crippen molar-refractivity contribution >= 4 is 23.5 Å². The molecule has 1 aliphatic rings. The van der Waals surface area contributed by atoms with Gasteiger partial charge in [0.05, 0.1) is 12.9 Å². The molecule has 1 saturated carbocycles. The second-order valence-electron chi connectivity index (χ2n) is 7.14. The van der Waals surface area contributed by atoms with Gasteiger partial charge in [0.1, 0.15) is 5.54 Å². The van der Waals surface area contributed by atoms with Crippen molar-refractivity contribution < 1.29 is 19.1 Å². The molecule has 1 aromatic heterocycles. The molecule has 2 amide bonds. The summed E-state index contributed by atoms with van der Waals surface area (Å²) in [6, 6.07) is 6.69. The van der Waals surface area contributed by atoms with E-state index in [0.717, 1.165) is 12.8 Å². The molecule has 2 aromatic rings. The summed E-state index contributed by atoms with van der Waals surface area (Å²) in [5, 5.41) is 5.68. The van der Waals surface area contributed by atoms with Gasteiger partial charge in [0, 0.05) is 36.6 Å². The molecule has 154 valence electrons. The van der Waals surface area contributed by atoms with Crippen LogP contribution in [0.15, 0.2) is 43.0 Å². The van der Waals surface area contributed by atoms with Gasteiger partial charge >= 0.3 is 5.97 Å². The number of hydrogen-bond donors (Lipinski definition) is 2. The molecule has 0 saturated heterocycles. The average Bonchev–Trinajstić information content (AvgIpc) is 3.39. The molecular formula is C21H26N4O4. The molecule has 8 nitrogen and oxygen atoms in total. The van der Waals surface area contributed by atoms with E-state index in [1.165, 1.54) is 0 Å². The summed E-state index contributed by atoms with van der Waals surface area (Å²) in [5.74, 6) is -0.890. The molecule has 1 aliphatic carbocycles. The minimum atomic E-state index is -0.961. The van der Waals surface area contributed by atoms with Gasteiger partial charge in [-0.1, -0.05) is 18.9 Å². The van der Waals surface area contributed by atoms with Gasteiger partial charge in [0.15, 0.2) is 0 Å². The highest BCUT2D eigenvalue weighted by molar-refractivity contribution is 6.00. The Morgan fingerprint density at radius 3 is 2.72 bits per heavy atom. The summed E-state index contributed by atoms with van der Waals surface area (Å²) in [6.07, 6.45) is 8.27. The zero-order chi connectivity index (χ0) is 20.7. The lowest BCUT2D eigenvalue weighted by atomic mass is 9.97. The molecule has 0 radical (unpaired) electrons. The second-order valence-corrected chi connectivity index (χ2v) is 7.14. The zero-order valence-corrected chi connectivity index (χ0v) is 16.5. The predicted molar refractivity (Wildman–Crippen MR) is 107 cm³/mol. The molecular weight excluding hydrogens is 372 g/mol. The van der Waals surface area contributed by atoms with Crippen molar-refractivity contribution in [3.05, 3.63) is 48.5 Å². The fraction of sp³-hybridized carbons (Fsp3) is 0.429. The standard InChI is InChI=1S/C21H26N4O4/c1-2-29-20(28)21(9-3-4-10-21)24-19(27)16-6-5-7-17(14-16)23-18(26)8-12-25-13-11-22-15-25/h5-7,11,13-15H,2-4,8-10,12H2,1H3,(H,23,26)(H,24,27). The monoisotopic (exact) mass is 398 g/mol. The largest absolute Gasteiger partial charge is 0.464 e. The Morgan fingerprint density at radius 1 is 1.24 bits per heavy atom. The molecule has 0 unspecified atom stereocenters. The SMILES string of the molecule is CCOC(=O)C1(NC(=O)c2cccc(NC(=O)CCn3ccnc3)c2)CCCC1. The van der Waals surface area contributed by atoms with Crippen molar-refractivity contribution in [2.75, 3.05) is 11.9 Å². The van der Waals surface area contributed by atoms with E-state index in [0.29, 0.717) is 37.1 Å². The van der Waals surface area contributed by atoms with Gasteiger partial charge in [-0.05, 0) is 38.0 Å². The van der Waals surface area contributed by atoms with Gasteiger partial charge in [-0.2, -0.15) is 0 Å². The van der Waals surface area contributed by atoms with Crippen molar-refractivity contribution in [3.63, 3.8) is 0 Å². The second kappa shape index (κ2) is 9.36. The van der Waals surface area contributed by atoms with Gasteiger partial charge in [0.25, 0.3) is 5.91 Å². The maximum Gasteiger partial charge on any atom is 0.331 e. The summed E-state index contributed by atoms with van der Waals surface area (Å²) in [6.45, 7) is 2.55. The molecule has 1 aromatic carbocycles. The number of hydrogen-bond acceptors (Lipinski definition) is 5. The van der Waals surface area contributed by atoms with Crippen LogP contribution in [0.25, 0.3) is 0 Å². The third-order valence-corrected chi connectivity index (χ3v) is 5.04. The fourth-order valence-corrected chi connectivity index (χ4v) is 3.53. The summed E-state index contributed by atoms with van der Waals surface area (Å²) in [7, 11) is 0. The van der Waals surface area contributed by atoms with Gasteiger partial charge in [-0.3, -0.25) is 9.59 Å². The molecule has 2 N–H and O–H groups in total. The number of rotatable bonds is 8. The van der Waals surface area contributed by atoms with E-state index in [2.05, 4.69) is 15.6 Å². The first-order chi connectivity index (χ1) is 14.0. The van der Waals surface area contributed by atoms with E-state index < -0.39 is 5.54 Å². The first kappa shape index (κ1) is 20.6. The number of anilines is 1. The Bertz CT molecular complexity index is 857. The molecule has 0 aliphatic heterocycles. The number of carbonyl (C=O) groups excluding carboxylic acids is 3. The van der Waals surface area contributed by atoms with E-state index in [9.17, 15) is 14.4 Å². The maximum atomic E-state index is 12.8. The predicted octanol–water partition coefficient (Wildman–Crippen LogP) is 2.52. The summed E-state index contributed by atoms with van der Waals surface area (Å²) < 4.78 is 7.00. The van der Waals surface area contributed by atoms with Crippen LogP contribution in [-0.2, 0) is 20.9 Å². The topological polar surface area (TPSA) is 102 Å². The lowest BCUT2D eigenvalue weighted by Crippen LogP contribution is -2.53. The number of ether oxygens (including phenoxy) is 1. The highest BCUT2D eigenvalue weighted by atomic mass is 16.5. The van der Waals surface area contributed by atoms with Gasteiger partial charge in [-0.25, -0.2) is 9.78 Å². The third-order valence-electron chi connectivity index (χ3n) is 5.04.